The molecule has 3 N–H and O–H groups in total. The third-order valence-corrected chi connectivity index (χ3v) is 3.17. The van der Waals surface area contributed by atoms with E-state index in [1.165, 1.54) is 6.20 Å². The van der Waals surface area contributed by atoms with Gasteiger partial charge in [-0.15, -0.1) is 0 Å². The number of ether oxygens (including phenoxy) is 1. The van der Waals surface area contributed by atoms with Crippen LogP contribution >= 0.6 is 11.6 Å². The first kappa shape index (κ1) is 15.1. The van der Waals surface area contributed by atoms with E-state index in [0.717, 1.165) is 5.56 Å². The summed E-state index contributed by atoms with van der Waals surface area (Å²) in [6.45, 7) is 2.12. The molecule has 110 valence electrons. The van der Waals surface area contributed by atoms with Crippen LogP contribution in [0.5, 0.6) is 5.75 Å². The number of benzene rings is 1. The van der Waals surface area contributed by atoms with Crippen LogP contribution in [0.4, 0.5) is 11.4 Å². The lowest BCUT2D eigenvalue weighted by Gasteiger charge is -2.08. The number of hydrogen-bond donors (Lipinski definition) is 2. The van der Waals surface area contributed by atoms with Crippen LogP contribution in [0.25, 0.3) is 0 Å². The summed E-state index contributed by atoms with van der Waals surface area (Å²) in [5.41, 5.74) is 7.68. The fourth-order valence-corrected chi connectivity index (χ4v) is 1.78. The number of carbonyl (C=O) groups excluding carboxylic acids is 1. The van der Waals surface area contributed by atoms with Gasteiger partial charge in [0.1, 0.15) is 10.9 Å². The minimum atomic E-state index is -0.144. The minimum Gasteiger partial charge on any atom is -0.493 e. The van der Waals surface area contributed by atoms with E-state index >= 15 is 0 Å². The highest BCUT2D eigenvalue weighted by atomic mass is 35.5. The van der Waals surface area contributed by atoms with Crippen molar-refractivity contribution in [3.8, 4) is 5.75 Å². The normalized spacial score (nSPS) is 10.2. The average Bonchev–Trinajstić information content (AvgIpc) is 2.45. The molecule has 5 nitrogen and oxygen atoms in total. The molecule has 0 unspecified atom stereocenters. The van der Waals surface area contributed by atoms with Crippen LogP contribution in [0, 0.1) is 6.92 Å². The SMILES string of the molecule is Cc1cc(NC(=O)CCOc2ccc(N)cc2)cnc1Cl. The quantitative estimate of drug-likeness (QED) is 0.657. The highest BCUT2D eigenvalue weighted by Crippen LogP contribution is 2.16. The maximum atomic E-state index is 11.8. The number of anilines is 2. The van der Waals surface area contributed by atoms with Gasteiger partial charge in [0.25, 0.3) is 0 Å². The number of pyridine rings is 1. The average molecular weight is 306 g/mol. The lowest BCUT2D eigenvalue weighted by Crippen LogP contribution is -2.15. The second kappa shape index (κ2) is 6.95. The van der Waals surface area contributed by atoms with Gasteiger partial charge in [0.05, 0.1) is 24.9 Å². The van der Waals surface area contributed by atoms with Crippen molar-refractivity contribution in [2.24, 2.45) is 0 Å². The van der Waals surface area contributed by atoms with Gasteiger partial charge in [-0.1, -0.05) is 11.6 Å². The smallest absolute Gasteiger partial charge is 0.227 e. The topological polar surface area (TPSA) is 77.2 Å². The predicted octanol–water partition coefficient (Wildman–Crippen LogP) is 3.03. The van der Waals surface area contributed by atoms with E-state index in [2.05, 4.69) is 10.3 Å². The van der Waals surface area contributed by atoms with E-state index in [1.807, 2.05) is 6.92 Å². The summed E-state index contributed by atoms with van der Waals surface area (Å²) in [4.78, 5) is 15.8. The van der Waals surface area contributed by atoms with Gasteiger partial charge in [0.2, 0.25) is 5.91 Å². The molecule has 0 aliphatic heterocycles. The Hall–Kier alpha value is -2.27. The van der Waals surface area contributed by atoms with E-state index in [4.69, 9.17) is 22.1 Å². The fraction of sp³-hybridized carbons (Fsp3) is 0.200. The third kappa shape index (κ3) is 4.65. The monoisotopic (exact) mass is 305 g/mol. The molecule has 0 spiro atoms. The maximum absolute atomic E-state index is 11.8. The second-order valence-electron chi connectivity index (χ2n) is 4.55. The Kier molecular flexibility index (Phi) is 5.00. The lowest BCUT2D eigenvalue weighted by atomic mass is 10.3. The summed E-state index contributed by atoms with van der Waals surface area (Å²) in [6.07, 6.45) is 1.76. The predicted molar refractivity (Wildman–Crippen MR) is 83.6 cm³/mol. The molecule has 2 aromatic rings. The number of hydrogen-bond acceptors (Lipinski definition) is 4. The van der Waals surface area contributed by atoms with E-state index in [-0.39, 0.29) is 18.9 Å². The molecule has 1 aromatic heterocycles. The van der Waals surface area contributed by atoms with Crippen molar-refractivity contribution in [2.45, 2.75) is 13.3 Å². The van der Waals surface area contributed by atoms with Crippen LogP contribution in [0.1, 0.15) is 12.0 Å². The number of nitrogen functional groups attached to an aromatic ring is 1. The van der Waals surface area contributed by atoms with Crippen LogP contribution in [-0.2, 0) is 4.79 Å². The van der Waals surface area contributed by atoms with Crippen LogP contribution in [0.3, 0.4) is 0 Å². The van der Waals surface area contributed by atoms with E-state index < -0.39 is 0 Å². The van der Waals surface area contributed by atoms with Gasteiger partial charge < -0.3 is 15.8 Å². The first-order chi connectivity index (χ1) is 10.0. The molecule has 6 heteroatoms. The highest BCUT2D eigenvalue weighted by Gasteiger charge is 2.05. The van der Waals surface area contributed by atoms with Crippen LogP contribution in [-0.4, -0.2) is 17.5 Å². The molecule has 1 aromatic carbocycles. The number of halogens is 1. The van der Waals surface area contributed by atoms with Gasteiger partial charge in [0, 0.05) is 5.69 Å². The largest absolute Gasteiger partial charge is 0.493 e. The molecule has 0 bridgehead atoms. The van der Waals surface area contributed by atoms with Gasteiger partial charge in [-0.25, -0.2) is 4.98 Å². The maximum Gasteiger partial charge on any atom is 0.227 e. The van der Waals surface area contributed by atoms with Crippen molar-refractivity contribution in [3.63, 3.8) is 0 Å². The van der Waals surface area contributed by atoms with Crippen molar-refractivity contribution in [3.05, 3.63) is 47.2 Å². The van der Waals surface area contributed by atoms with E-state index in [0.29, 0.717) is 22.3 Å². The fourth-order valence-electron chi connectivity index (χ4n) is 1.68. The van der Waals surface area contributed by atoms with E-state index in [9.17, 15) is 4.79 Å². The first-order valence-electron chi connectivity index (χ1n) is 6.45. The van der Waals surface area contributed by atoms with Crippen LogP contribution in [0.2, 0.25) is 5.15 Å². The molecule has 0 fully saturated rings. The lowest BCUT2D eigenvalue weighted by molar-refractivity contribution is -0.116. The van der Waals surface area contributed by atoms with Crippen molar-refractivity contribution < 1.29 is 9.53 Å². The zero-order chi connectivity index (χ0) is 15.2. The van der Waals surface area contributed by atoms with Crippen molar-refractivity contribution >= 4 is 28.9 Å². The van der Waals surface area contributed by atoms with Crippen molar-refractivity contribution in [1.29, 1.82) is 0 Å². The zero-order valence-electron chi connectivity index (χ0n) is 11.6. The molecule has 2 rings (SSSR count). The molecule has 0 aliphatic carbocycles. The minimum absolute atomic E-state index is 0.144. The summed E-state index contributed by atoms with van der Waals surface area (Å²) in [7, 11) is 0. The molecule has 0 radical (unpaired) electrons. The van der Waals surface area contributed by atoms with Crippen LogP contribution < -0.4 is 15.8 Å². The molecule has 0 saturated carbocycles. The summed E-state index contributed by atoms with van der Waals surface area (Å²) in [5, 5.41) is 3.18. The van der Waals surface area contributed by atoms with Gasteiger partial charge in [-0.05, 0) is 42.8 Å². The molecular formula is C15H16ClN3O2. The molecule has 0 saturated heterocycles. The van der Waals surface area contributed by atoms with Gasteiger partial charge in [-0.2, -0.15) is 0 Å². The summed E-state index contributed by atoms with van der Waals surface area (Å²) in [6, 6.07) is 8.79. The Morgan fingerprint density at radius 3 is 2.76 bits per heavy atom. The summed E-state index contributed by atoms with van der Waals surface area (Å²) >= 11 is 5.83. The van der Waals surface area contributed by atoms with Crippen molar-refractivity contribution in [2.75, 3.05) is 17.7 Å². The van der Waals surface area contributed by atoms with Crippen molar-refractivity contribution in [1.82, 2.24) is 4.98 Å². The number of carbonyl (C=O) groups is 1. The Morgan fingerprint density at radius 1 is 1.38 bits per heavy atom. The zero-order valence-corrected chi connectivity index (χ0v) is 12.4. The molecule has 1 amide bonds. The van der Waals surface area contributed by atoms with E-state index in [1.54, 1.807) is 30.3 Å². The number of rotatable bonds is 5. The number of nitrogens with one attached hydrogen (secondary N) is 1. The van der Waals surface area contributed by atoms with Gasteiger partial charge >= 0.3 is 0 Å². The number of aromatic nitrogens is 1. The Balaban J connectivity index is 1.79. The molecule has 0 atom stereocenters. The highest BCUT2D eigenvalue weighted by molar-refractivity contribution is 6.30. The number of nitrogens with zero attached hydrogens (tertiary/aromatic N) is 1. The third-order valence-electron chi connectivity index (χ3n) is 2.78. The second-order valence-corrected chi connectivity index (χ2v) is 4.91. The van der Waals surface area contributed by atoms with Gasteiger partial charge in [0.15, 0.2) is 0 Å². The Labute approximate surface area is 128 Å². The van der Waals surface area contributed by atoms with Gasteiger partial charge in [-0.3, -0.25) is 4.79 Å². The number of nitrogens with two attached hydrogens (primary N) is 1. The summed E-state index contributed by atoms with van der Waals surface area (Å²) < 4.78 is 5.46. The molecule has 0 aliphatic rings. The Bertz CT molecular complexity index is 629. The molecule has 1 heterocycles. The van der Waals surface area contributed by atoms with Crippen LogP contribution in [0.15, 0.2) is 36.5 Å². The number of aryl methyl sites for hydroxylation is 1. The Morgan fingerprint density at radius 2 is 2.10 bits per heavy atom. The number of amides is 1. The molecular weight excluding hydrogens is 290 g/mol. The summed E-state index contributed by atoms with van der Waals surface area (Å²) in [5.74, 6) is 0.537. The first-order valence-corrected chi connectivity index (χ1v) is 6.83. The standard InChI is InChI=1S/C15H16ClN3O2/c1-10-8-12(9-18-15(10)16)19-14(20)6-7-21-13-4-2-11(17)3-5-13/h2-5,8-9H,6-7,17H2,1H3,(H,19,20). The molecule has 21 heavy (non-hydrogen) atoms.